The summed E-state index contributed by atoms with van der Waals surface area (Å²) in [6.07, 6.45) is 5.07. The number of guanidine groups is 1. The predicted molar refractivity (Wildman–Crippen MR) is 138 cm³/mol. The number of nitrogens with one attached hydrogen (secondary N) is 2. The van der Waals surface area contributed by atoms with E-state index in [2.05, 4.69) is 46.5 Å². The van der Waals surface area contributed by atoms with E-state index < -0.39 is 0 Å². The summed E-state index contributed by atoms with van der Waals surface area (Å²) in [5.41, 5.74) is 1.14. The van der Waals surface area contributed by atoms with Crippen molar-refractivity contribution in [1.82, 2.24) is 20.5 Å². The number of ether oxygens (including phenoxy) is 1. The number of nitrogens with zero attached hydrogens (tertiary/aromatic N) is 3. The smallest absolute Gasteiger partial charge is 0.191 e. The van der Waals surface area contributed by atoms with Crippen LogP contribution in [0.25, 0.3) is 0 Å². The zero-order chi connectivity index (χ0) is 21.0. The third-order valence-corrected chi connectivity index (χ3v) is 5.34. The average Bonchev–Trinajstić information content (AvgIpc) is 2.79. The van der Waals surface area contributed by atoms with Crippen LogP contribution in [0.4, 0.5) is 0 Å². The Labute approximate surface area is 203 Å². The van der Waals surface area contributed by atoms with Gasteiger partial charge in [-0.2, -0.15) is 0 Å². The molecule has 6 nitrogen and oxygen atoms in total. The van der Waals surface area contributed by atoms with E-state index in [0.29, 0.717) is 12.6 Å². The average molecular weight is 537 g/mol. The maximum Gasteiger partial charge on any atom is 0.191 e. The molecular weight excluding hydrogens is 501 g/mol. The van der Waals surface area contributed by atoms with Gasteiger partial charge in [0.15, 0.2) is 5.96 Å². The van der Waals surface area contributed by atoms with Gasteiger partial charge in [-0.1, -0.05) is 31.2 Å². The Hall–Kier alpha value is -1.87. The molecule has 1 atom stereocenters. The SMILES string of the molecule is CCNC(=NCC(CC)Oc1ccccc1)NC1CCN(Cc2ccccn2)CC1.I. The molecule has 7 heteroatoms. The van der Waals surface area contributed by atoms with Crippen molar-refractivity contribution in [3.05, 3.63) is 60.4 Å². The fourth-order valence-electron chi connectivity index (χ4n) is 3.60. The molecule has 1 aliphatic rings. The summed E-state index contributed by atoms with van der Waals surface area (Å²) in [5.74, 6) is 1.79. The van der Waals surface area contributed by atoms with Crippen molar-refractivity contribution in [2.45, 2.75) is 51.8 Å². The third-order valence-electron chi connectivity index (χ3n) is 5.34. The fourth-order valence-corrected chi connectivity index (χ4v) is 3.60. The summed E-state index contributed by atoms with van der Waals surface area (Å²) < 4.78 is 6.08. The van der Waals surface area contributed by atoms with Crippen LogP contribution >= 0.6 is 24.0 Å². The summed E-state index contributed by atoms with van der Waals surface area (Å²) in [4.78, 5) is 11.7. The van der Waals surface area contributed by atoms with Gasteiger partial charge in [-0.05, 0) is 50.5 Å². The number of hydrogen-bond acceptors (Lipinski definition) is 4. The first-order valence-corrected chi connectivity index (χ1v) is 11.2. The molecule has 0 spiro atoms. The van der Waals surface area contributed by atoms with Crippen LogP contribution in [0.3, 0.4) is 0 Å². The van der Waals surface area contributed by atoms with E-state index in [0.717, 1.165) is 62.8 Å². The highest BCUT2D eigenvalue weighted by Gasteiger charge is 2.20. The van der Waals surface area contributed by atoms with Gasteiger partial charge in [0.05, 0.1) is 12.2 Å². The number of piperidine rings is 1. The topological polar surface area (TPSA) is 61.8 Å². The van der Waals surface area contributed by atoms with E-state index in [1.807, 2.05) is 42.6 Å². The standard InChI is InChI=1S/C24H35N5O.HI/c1-3-22(30-23-11-6-5-7-12-23)18-27-24(25-4-2)28-20-13-16-29(17-14-20)19-21-10-8-9-15-26-21;/h5-12,15,20,22H,3-4,13-14,16-19H2,1-2H3,(H2,25,27,28);1H. The molecule has 3 rings (SSSR count). The molecule has 2 N–H and O–H groups in total. The fraction of sp³-hybridized carbons (Fsp3) is 0.500. The molecule has 1 aliphatic heterocycles. The molecule has 0 aliphatic carbocycles. The van der Waals surface area contributed by atoms with E-state index in [9.17, 15) is 0 Å². The van der Waals surface area contributed by atoms with Crippen LogP contribution in [0.1, 0.15) is 38.8 Å². The number of benzene rings is 1. The minimum atomic E-state index is 0. The van der Waals surface area contributed by atoms with Crippen LogP contribution in [0, 0.1) is 0 Å². The monoisotopic (exact) mass is 537 g/mol. The van der Waals surface area contributed by atoms with Crippen LogP contribution in [0.15, 0.2) is 59.7 Å². The number of rotatable bonds is 9. The normalized spacial score (nSPS) is 16.3. The van der Waals surface area contributed by atoms with Crippen LogP contribution in [0.2, 0.25) is 0 Å². The maximum absolute atomic E-state index is 6.08. The lowest BCUT2D eigenvalue weighted by molar-refractivity contribution is 0.195. The Bertz CT molecular complexity index is 751. The van der Waals surface area contributed by atoms with Crippen molar-refractivity contribution in [3.63, 3.8) is 0 Å². The number of aliphatic imine (C=N–C) groups is 1. The van der Waals surface area contributed by atoms with Crippen LogP contribution in [0.5, 0.6) is 5.75 Å². The van der Waals surface area contributed by atoms with Gasteiger partial charge in [0.25, 0.3) is 0 Å². The minimum Gasteiger partial charge on any atom is -0.489 e. The van der Waals surface area contributed by atoms with Crippen LogP contribution in [-0.2, 0) is 6.54 Å². The van der Waals surface area contributed by atoms with Gasteiger partial charge in [-0.3, -0.25) is 9.88 Å². The first-order valence-electron chi connectivity index (χ1n) is 11.2. The van der Waals surface area contributed by atoms with E-state index in [1.54, 1.807) is 0 Å². The van der Waals surface area contributed by atoms with Crippen LogP contribution < -0.4 is 15.4 Å². The first kappa shape index (κ1) is 25.4. The number of aromatic nitrogens is 1. The third kappa shape index (κ3) is 9.03. The summed E-state index contributed by atoms with van der Waals surface area (Å²) in [6.45, 7) is 8.80. The van der Waals surface area contributed by atoms with Crippen molar-refractivity contribution >= 4 is 29.9 Å². The molecule has 0 bridgehead atoms. The van der Waals surface area contributed by atoms with Crippen molar-refractivity contribution in [2.75, 3.05) is 26.2 Å². The number of pyridine rings is 1. The molecule has 1 saturated heterocycles. The van der Waals surface area contributed by atoms with Gasteiger partial charge in [0, 0.05) is 38.4 Å². The predicted octanol–water partition coefficient (Wildman–Crippen LogP) is 4.08. The Morgan fingerprint density at radius 1 is 1.13 bits per heavy atom. The molecule has 1 aromatic carbocycles. The Morgan fingerprint density at radius 3 is 2.52 bits per heavy atom. The molecular formula is C24H36IN5O. The molecule has 2 heterocycles. The van der Waals surface area contributed by atoms with Gasteiger partial charge < -0.3 is 15.4 Å². The first-order chi connectivity index (χ1) is 14.8. The number of halogens is 1. The largest absolute Gasteiger partial charge is 0.489 e. The lowest BCUT2D eigenvalue weighted by Gasteiger charge is -2.33. The second-order valence-electron chi connectivity index (χ2n) is 7.70. The van der Waals surface area contributed by atoms with E-state index in [4.69, 9.17) is 9.73 Å². The minimum absolute atomic E-state index is 0. The summed E-state index contributed by atoms with van der Waals surface area (Å²) in [7, 11) is 0. The molecule has 1 unspecified atom stereocenters. The molecule has 0 saturated carbocycles. The van der Waals surface area contributed by atoms with Gasteiger partial charge in [-0.25, -0.2) is 4.99 Å². The van der Waals surface area contributed by atoms with Crippen molar-refractivity contribution in [1.29, 1.82) is 0 Å². The van der Waals surface area contributed by atoms with Crippen LogP contribution in [-0.4, -0.2) is 54.2 Å². The van der Waals surface area contributed by atoms with Gasteiger partial charge >= 0.3 is 0 Å². The molecule has 0 radical (unpaired) electrons. The summed E-state index contributed by atoms with van der Waals surface area (Å²) in [5, 5.41) is 7.01. The highest BCUT2D eigenvalue weighted by molar-refractivity contribution is 14.0. The number of para-hydroxylation sites is 1. The molecule has 1 aromatic heterocycles. The Kier molecular flexibility index (Phi) is 11.7. The molecule has 0 amide bonds. The quantitative estimate of drug-likeness (QED) is 0.287. The molecule has 31 heavy (non-hydrogen) atoms. The van der Waals surface area contributed by atoms with Gasteiger partial charge in [0.1, 0.15) is 11.9 Å². The highest BCUT2D eigenvalue weighted by atomic mass is 127. The zero-order valence-corrected chi connectivity index (χ0v) is 21.0. The molecule has 170 valence electrons. The van der Waals surface area contributed by atoms with Gasteiger partial charge in [0.2, 0.25) is 0 Å². The highest BCUT2D eigenvalue weighted by Crippen LogP contribution is 2.14. The molecule has 1 fully saturated rings. The zero-order valence-electron chi connectivity index (χ0n) is 18.7. The maximum atomic E-state index is 6.08. The van der Waals surface area contributed by atoms with Crippen molar-refractivity contribution < 1.29 is 4.74 Å². The second-order valence-corrected chi connectivity index (χ2v) is 7.70. The summed E-state index contributed by atoms with van der Waals surface area (Å²) >= 11 is 0. The lowest BCUT2D eigenvalue weighted by Crippen LogP contribution is -2.48. The summed E-state index contributed by atoms with van der Waals surface area (Å²) in [6, 6.07) is 16.5. The van der Waals surface area contributed by atoms with E-state index >= 15 is 0 Å². The Balaban J connectivity index is 0.00000341. The number of likely N-dealkylation sites (tertiary alicyclic amines) is 1. The molecule has 2 aromatic rings. The van der Waals surface area contributed by atoms with Crippen molar-refractivity contribution in [3.8, 4) is 5.75 Å². The Morgan fingerprint density at radius 2 is 1.87 bits per heavy atom. The second kappa shape index (κ2) is 14.2. The lowest BCUT2D eigenvalue weighted by atomic mass is 10.0. The van der Waals surface area contributed by atoms with Gasteiger partial charge in [-0.15, -0.1) is 24.0 Å². The van der Waals surface area contributed by atoms with E-state index in [-0.39, 0.29) is 30.1 Å². The van der Waals surface area contributed by atoms with Crippen molar-refractivity contribution in [2.24, 2.45) is 4.99 Å². The number of hydrogen-bond donors (Lipinski definition) is 2. The van der Waals surface area contributed by atoms with E-state index in [1.165, 1.54) is 0 Å².